The Hall–Kier alpha value is -3.75. The van der Waals surface area contributed by atoms with Crippen molar-refractivity contribution in [1.82, 2.24) is 14.5 Å². The SMILES string of the molecule is N#Cc1ccc(Cn2cncc2Cc2nc(-c3ccc4ccccc4c3)cs2)cc1. The Morgan fingerprint density at radius 3 is 2.63 bits per heavy atom. The molecule has 5 rings (SSSR count). The Morgan fingerprint density at radius 1 is 0.967 bits per heavy atom. The fourth-order valence-electron chi connectivity index (χ4n) is 3.55. The van der Waals surface area contributed by atoms with Crippen LogP contribution in [-0.4, -0.2) is 14.5 Å². The van der Waals surface area contributed by atoms with E-state index in [2.05, 4.69) is 63.5 Å². The van der Waals surface area contributed by atoms with E-state index in [1.807, 2.05) is 36.8 Å². The third kappa shape index (κ3) is 3.73. The lowest BCUT2D eigenvalue weighted by Gasteiger charge is -2.07. The smallest absolute Gasteiger partial charge is 0.0992 e. The first-order valence-electron chi connectivity index (χ1n) is 9.70. The predicted molar refractivity (Wildman–Crippen MR) is 120 cm³/mol. The van der Waals surface area contributed by atoms with E-state index < -0.39 is 0 Å². The van der Waals surface area contributed by atoms with Crippen molar-refractivity contribution < 1.29 is 0 Å². The molecule has 0 spiro atoms. The summed E-state index contributed by atoms with van der Waals surface area (Å²) in [4.78, 5) is 9.21. The number of benzene rings is 3. The summed E-state index contributed by atoms with van der Waals surface area (Å²) in [7, 11) is 0. The summed E-state index contributed by atoms with van der Waals surface area (Å²) in [5.74, 6) is 0. The van der Waals surface area contributed by atoms with E-state index in [9.17, 15) is 0 Å². The number of aromatic nitrogens is 3. The van der Waals surface area contributed by atoms with Gasteiger partial charge in [-0.2, -0.15) is 5.26 Å². The van der Waals surface area contributed by atoms with Crippen molar-refractivity contribution >= 4 is 22.1 Å². The molecular weight excluding hydrogens is 388 g/mol. The second kappa shape index (κ2) is 7.94. The highest BCUT2D eigenvalue weighted by atomic mass is 32.1. The fourth-order valence-corrected chi connectivity index (χ4v) is 4.37. The minimum Gasteiger partial charge on any atom is -0.330 e. The second-order valence-electron chi connectivity index (χ2n) is 7.19. The maximum Gasteiger partial charge on any atom is 0.0992 e. The molecule has 0 aliphatic carbocycles. The lowest BCUT2D eigenvalue weighted by atomic mass is 10.1. The average molecular weight is 407 g/mol. The molecule has 144 valence electrons. The molecule has 5 aromatic rings. The van der Waals surface area contributed by atoms with E-state index in [0.29, 0.717) is 5.56 Å². The topological polar surface area (TPSA) is 54.5 Å². The molecule has 0 atom stereocenters. The van der Waals surface area contributed by atoms with Crippen LogP contribution >= 0.6 is 11.3 Å². The summed E-state index contributed by atoms with van der Waals surface area (Å²) in [5, 5.41) is 14.6. The van der Waals surface area contributed by atoms with E-state index in [-0.39, 0.29) is 0 Å². The molecule has 2 heterocycles. The molecule has 0 radical (unpaired) electrons. The Labute approximate surface area is 178 Å². The maximum absolute atomic E-state index is 8.96. The zero-order valence-electron chi connectivity index (χ0n) is 16.2. The zero-order valence-corrected chi connectivity index (χ0v) is 17.0. The van der Waals surface area contributed by atoms with Gasteiger partial charge in [0.1, 0.15) is 0 Å². The molecule has 0 unspecified atom stereocenters. The fraction of sp³-hybridized carbons (Fsp3) is 0.0800. The monoisotopic (exact) mass is 406 g/mol. The lowest BCUT2D eigenvalue weighted by molar-refractivity contribution is 0.752. The highest BCUT2D eigenvalue weighted by Gasteiger charge is 2.10. The largest absolute Gasteiger partial charge is 0.330 e. The van der Waals surface area contributed by atoms with Crippen molar-refractivity contribution in [2.75, 3.05) is 0 Å². The first-order valence-corrected chi connectivity index (χ1v) is 10.6. The van der Waals surface area contributed by atoms with Crippen molar-refractivity contribution in [3.63, 3.8) is 0 Å². The van der Waals surface area contributed by atoms with Crippen LogP contribution < -0.4 is 0 Å². The van der Waals surface area contributed by atoms with Crippen LogP contribution in [0.2, 0.25) is 0 Å². The number of hydrogen-bond donors (Lipinski definition) is 0. The number of rotatable bonds is 5. The molecule has 0 saturated heterocycles. The standard InChI is InChI=1S/C25H18N4S/c26-13-18-5-7-19(8-6-18)15-29-17-27-14-23(29)12-25-28-24(16-30-25)22-10-9-20-3-1-2-4-21(20)11-22/h1-11,14,16-17H,12,15H2. The second-order valence-corrected chi connectivity index (χ2v) is 8.13. The van der Waals surface area contributed by atoms with Gasteiger partial charge in [-0.25, -0.2) is 9.97 Å². The number of nitriles is 1. The van der Waals surface area contributed by atoms with Crippen LogP contribution in [0.15, 0.2) is 84.6 Å². The van der Waals surface area contributed by atoms with Crippen molar-refractivity contribution in [3.05, 3.63) is 106 Å². The van der Waals surface area contributed by atoms with Gasteiger partial charge in [0.2, 0.25) is 0 Å². The van der Waals surface area contributed by atoms with Crippen molar-refractivity contribution in [2.45, 2.75) is 13.0 Å². The third-order valence-corrected chi connectivity index (χ3v) is 6.01. The molecule has 30 heavy (non-hydrogen) atoms. The Bertz CT molecular complexity index is 1360. The van der Waals surface area contributed by atoms with Gasteiger partial charge in [0, 0.05) is 35.8 Å². The van der Waals surface area contributed by atoms with Gasteiger partial charge < -0.3 is 4.57 Å². The summed E-state index contributed by atoms with van der Waals surface area (Å²) in [5.41, 5.74) is 5.10. The number of thiazole rings is 1. The van der Waals surface area contributed by atoms with Crippen molar-refractivity contribution in [1.29, 1.82) is 5.26 Å². The summed E-state index contributed by atoms with van der Waals surface area (Å²) in [6, 6.07) is 24.7. The Balaban J connectivity index is 1.35. The number of fused-ring (bicyclic) bond motifs is 1. The average Bonchev–Trinajstić information content (AvgIpc) is 3.44. The zero-order chi connectivity index (χ0) is 20.3. The molecule has 0 saturated carbocycles. The molecule has 3 aromatic carbocycles. The number of hydrogen-bond acceptors (Lipinski definition) is 4. The molecule has 0 amide bonds. The molecule has 0 aliphatic rings. The molecule has 0 aliphatic heterocycles. The number of imidazole rings is 1. The van der Waals surface area contributed by atoms with Gasteiger partial charge in [-0.05, 0) is 34.5 Å². The minimum absolute atomic E-state index is 0.675. The van der Waals surface area contributed by atoms with Crippen LogP contribution in [0.3, 0.4) is 0 Å². The predicted octanol–water partition coefficient (Wildman–Crippen LogP) is 5.67. The molecule has 0 bridgehead atoms. The minimum atomic E-state index is 0.675. The van der Waals surface area contributed by atoms with Gasteiger partial charge in [0.05, 0.1) is 28.7 Å². The van der Waals surface area contributed by atoms with Gasteiger partial charge in [-0.3, -0.25) is 0 Å². The Kier molecular flexibility index (Phi) is 4.84. The van der Waals surface area contributed by atoms with E-state index in [0.717, 1.165) is 40.5 Å². The highest BCUT2D eigenvalue weighted by molar-refractivity contribution is 7.10. The van der Waals surface area contributed by atoms with Gasteiger partial charge >= 0.3 is 0 Å². The molecule has 2 aromatic heterocycles. The van der Waals surface area contributed by atoms with Crippen molar-refractivity contribution in [2.24, 2.45) is 0 Å². The van der Waals surface area contributed by atoms with Gasteiger partial charge in [-0.15, -0.1) is 11.3 Å². The molecule has 4 nitrogen and oxygen atoms in total. The summed E-state index contributed by atoms with van der Waals surface area (Å²) >= 11 is 1.68. The van der Waals surface area contributed by atoms with E-state index in [1.54, 1.807) is 11.3 Å². The van der Waals surface area contributed by atoms with Crippen LogP contribution in [-0.2, 0) is 13.0 Å². The van der Waals surface area contributed by atoms with Gasteiger partial charge in [0.15, 0.2) is 0 Å². The van der Waals surface area contributed by atoms with Crippen LogP contribution in [0.5, 0.6) is 0 Å². The molecule has 0 fully saturated rings. The summed E-state index contributed by atoms with van der Waals surface area (Å²) < 4.78 is 2.14. The summed E-state index contributed by atoms with van der Waals surface area (Å²) in [6.45, 7) is 0.726. The van der Waals surface area contributed by atoms with Gasteiger partial charge in [0.25, 0.3) is 0 Å². The lowest BCUT2D eigenvalue weighted by Crippen LogP contribution is -2.04. The van der Waals surface area contributed by atoms with E-state index in [4.69, 9.17) is 10.2 Å². The normalized spacial score (nSPS) is 10.9. The van der Waals surface area contributed by atoms with E-state index >= 15 is 0 Å². The maximum atomic E-state index is 8.96. The summed E-state index contributed by atoms with van der Waals surface area (Å²) in [6.07, 6.45) is 4.50. The quantitative estimate of drug-likeness (QED) is 0.378. The van der Waals surface area contributed by atoms with Gasteiger partial charge in [-0.1, -0.05) is 48.5 Å². The first-order chi connectivity index (χ1) is 14.8. The first kappa shape index (κ1) is 18.3. The molecule has 5 heteroatoms. The molecular formula is C25H18N4S. The number of nitrogens with zero attached hydrogens (tertiary/aromatic N) is 4. The molecule has 0 N–H and O–H groups in total. The Morgan fingerprint density at radius 2 is 1.80 bits per heavy atom. The van der Waals surface area contributed by atoms with Crippen molar-refractivity contribution in [3.8, 4) is 17.3 Å². The van der Waals surface area contributed by atoms with E-state index in [1.165, 1.54) is 10.8 Å². The van der Waals surface area contributed by atoms with Crippen LogP contribution in [0.25, 0.3) is 22.0 Å². The van der Waals surface area contributed by atoms with Crippen LogP contribution in [0.1, 0.15) is 21.8 Å². The third-order valence-electron chi connectivity index (χ3n) is 5.16. The van der Waals surface area contributed by atoms with Crippen LogP contribution in [0.4, 0.5) is 0 Å². The van der Waals surface area contributed by atoms with Crippen LogP contribution in [0, 0.1) is 11.3 Å². The highest BCUT2D eigenvalue weighted by Crippen LogP contribution is 2.27.